The molecule has 1 aliphatic carbocycles. The maximum atomic E-state index is 13.3. The lowest BCUT2D eigenvalue weighted by molar-refractivity contribution is -0.134. The highest BCUT2D eigenvalue weighted by Gasteiger charge is 2.35. The quantitative estimate of drug-likeness (QED) is 0.597. The fourth-order valence-corrected chi connectivity index (χ4v) is 6.44. The van der Waals surface area contributed by atoms with Crippen LogP contribution in [0.25, 0.3) is 5.69 Å². The van der Waals surface area contributed by atoms with Gasteiger partial charge in [-0.05, 0) is 55.7 Å². The predicted molar refractivity (Wildman–Crippen MR) is 131 cm³/mol. The molecule has 1 aromatic carbocycles. The summed E-state index contributed by atoms with van der Waals surface area (Å²) < 4.78 is 7.67. The van der Waals surface area contributed by atoms with E-state index in [9.17, 15) is 4.79 Å². The van der Waals surface area contributed by atoms with Crippen LogP contribution < -0.4 is 4.90 Å². The van der Waals surface area contributed by atoms with E-state index in [2.05, 4.69) is 55.8 Å². The second-order valence-corrected chi connectivity index (χ2v) is 10.3. The molecule has 0 N–H and O–H groups in total. The lowest BCUT2D eigenvalue weighted by Crippen LogP contribution is -2.50. The van der Waals surface area contributed by atoms with Crippen molar-refractivity contribution in [2.45, 2.75) is 63.1 Å². The number of thioether (sulfide) groups is 1. The minimum Gasteiger partial charge on any atom is -0.378 e. The van der Waals surface area contributed by atoms with Crippen molar-refractivity contribution in [2.24, 2.45) is 5.92 Å². The summed E-state index contributed by atoms with van der Waals surface area (Å²) in [6.07, 6.45) is 8.42. The lowest BCUT2D eigenvalue weighted by atomic mass is 9.78. The molecule has 8 heteroatoms. The van der Waals surface area contributed by atoms with Crippen molar-refractivity contribution in [3.05, 3.63) is 29.8 Å². The smallest absolute Gasteiger partial charge is 0.233 e. The first kappa shape index (κ1) is 22.7. The maximum Gasteiger partial charge on any atom is 0.233 e. The molecule has 0 unspecified atom stereocenters. The van der Waals surface area contributed by atoms with Gasteiger partial charge in [-0.25, -0.2) is 0 Å². The summed E-state index contributed by atoms with van der Waals surface area (Å²) in [7, 11) is 0. The number of nitrogens with zero attached hydrogens (tertiary/aromatic N) is 5. The Morgan fingerprint density at radius 1 is 1.09 bits per heavy atom. The molecule has 2 saturated heterocycles. The second kappa shape index (κ2) is 10.5. The van der Waals surface area contributed by atoms with Gasteiger partial charge in [0.05, 0.1) is 24.7 Å². The van der Waals surface area contributed by atoms with E-state index >= 15 is 0 Å². The van der Waals surface area contributed by atoms with Gasteiger partial charge in [0.25, 0.3) is 0 Å². The Kier molecular flexibility index (Phi) is 7.21. The van der Waals surface area contributed by atoms with Crippen molar-refractivity contribution in [1.29, 1.82) is 0 Å². The van der Waals surface area contributed by atoms with Crippen molar-refractivity contribution in [3.8, 4) is 5.69 Å². The van der Waals surface area contributed by atoms with Crippen LogP contribution in [0.15, 0.2) is 29.4 Å². The normalized spacial score (nSPS) is 23.4. The van der Waals surface area contributed by atoms with Crippen molar-refractivity contribution >= 4 is 23.6 Å². The summed E-state index contributed by atoms with van der Waals surface area (Å²) in [4.78, 5) is 17.7. The average Bonchev–Trinajstić information content (AvgIpc) is 3.31. The number of anilines is 1. The standard InChI is InChI=1S/C25H35N5O2S/c1-2-19-7-5-10-21(17-19)30-24(28-13-15-32-16-14-28)26-27-25(30)33-18-23(31)29-12-6-9-20-8-3-4-11-22(20)29/h5,7,10,17,20,22H,2-4,6,8-9,11-16,18H2,1H3/t20-,22-/m1/s1. The predicted octanol–water partition coefficient (Wildman–Crippen LogP) is 3.94. The highest BCUT2D eigenvalue weighted by atomic mass is 32.2. The van der Waals surface area contributed by atoms with Crippen LogP contribution in [0.3, 0.4) is 0 Å². The lowest BCUT2D eigenvalue weighted by Gasteiger charge is -2.44. The number of hydrogen-bond donors (Lipinski definition) is 0. The number of morpholine rings is 1. The molecule has 1 amide bonds. The van der Waals surface area contributed by atoms with Crippen molar-refractivity contribution in [1.82, 2.24) is 19.7 Å². The zero-order valence-corrected chi connectivity index (χ0v) is 20.4. The molecular weight excluding hydrogens is 434 g/mol. The third-order valence-electron chi connectivity index (χ3n) is 7.38. The monoisotopic (exact) mass is 469 g/mol. The zero-order valence-electron chi connectivity index (χ0n) is 19.6. The van der Waals surface area contributed by atoms with Gasteiger partial charge in [0, 0.05) is 25.7 Å². The molecule has 1 saturated carbocycles. The maximum absolute atomic E-state index is 13.3. The topological polar surface area (TPSA) is 63.5 Å². The third kappa shape index (κ3) is 4.92. The number of amides is 1. The molecule has 3 fully saturated rings. The Morgan fingerprint density at radius 3 is 2.76 bits per heavy atom. The van der Waals surface area contributed by atoms with Gasteiger partial charge in [0.2, 0.25) is 11.9 Å². The first-order chi connectivity index (χ1) is 16.2. The molecule has 178 valence electrons. The largest absolute Gasteiger partial charge is 0.378 e. The number of piperidine rings is 1. The molecule has 0 spiro atoms. The highest BCUT2D eigenvalue weighted by Crippen LogP contribution is 2.36. The number of ether oxygens (including phenoxy) is 1. The first-order valence-electron chi connectivity index (χ1n) is 12.5. The molecule has 0 radical (unpaired) electrons. The number of hydrogen-bond acceptors (Lipinski definition) is 6. The minimum absolute atomic E-state index is 0.251. The van der Waals surface area contributed by atoms with Crippen LogP contribution in [-0.2, 0) is 16.0 Å². The Bertz CT molecular complexity index is 956. The van der Waals surface area contributed by atoms with Gasteiger partial charge in [-0.1, -0.05) is 43.7 Å². The van der Waals surface area contributed by atoms with Gasteiger partial charge in [-0.2, -0.15) is 0 Å². The van der Waals surface area contributed by atoms with Crippen LogP contribution in [0.2, 0.25) is 0 Å². The summed E-state index contributed by atoms with van der Waals surface area (Å²) in [5.41, 5.74) is 2.33. The van der Waals surface area contributed by atoms with Crippen LogP contribution >= 0.6 is 11.8 Å². The molecule has 3 aliphatic rings. The Balaban J connectivity index is 1.37. The number of aryl methyl sites for hydroxylation is 1. The number of benzene rings is 1. The van der Waals surface area contributed by atoms with Crippen molar-refractivity contribution < 1.29 is 9.53 Å². The fourth-order valence-electron chi connectivity index (χ4n) is 5.61. The van der Waals surface area contributed by atoms with E-state index in [1.807, 2.05) is 0 Å². The Labute approximate surface area is 200 Å². The SMILES string of the molecule is CCc1cccc(-n2c(SCC(=O)N3CCC[C@H]4CCCC[C@H]43)nnc2N2CCOCC2)c1. The molecule has 0 bridgehead atoms. The van der Waals surface area contributed by atoms with Gasteiger partial charge in [0.1, 0.15) is 0 Å². The summed E-state index contributed by atoms with van der Waals surface area (Å²) in [6.45, 7) is 6.06. The highest BCUT2D eigenvalue weighted by molar-refractivity contribution is 7.99. The number of rotatable bonds is 6. The molecule has 33 heavy (non-hydrogen) atoms. The molecule has 2 atom stereocenters. The summed E-state index contributed by atoms with van der Waals surface area (Å²) in [6, 6.07) is 9.00. The number of carbonyl (C=O) groups excluding carboxylic acids is 1. The Hall–Kier alpha value is -2.06. The molecule has 2 aromatic rings. The van der Waals surface area contributed by atoms with Crippen LogP contribution in [-0.4, -0.2) is 70.2 Å². The van der Waals surface area contributed by atoms with E-state index in [1.165, 1.54) is 49.4 Å². The minimum atomic E-state index is 0.251. The average molecular weight is 470 g/mol. The summed E-state index contributed by atoms with van der Waals surface area (Å²) in [5.74, 6) is 2.21. The van der Waals surface area contributed by atoms with Crippen LogP contribution in [0.5, 0.6) is 0 Å². The molecular formula is C25H35N5O2S. The van der Waals surface area contributed by atoms with Crippen LogP contribution in [0.4, 0.5) is 5.95 Å². The molecule has 5 rings (SSSR count). The van der Waals surface area contributed by atoms with Gasteiger partial charge in [-0.3, -0.25) is 9.36 Å². The number of carbonyl (C=O) groups is 1. The molecule has 3 heterocycles. The van der Waals surface area contributed by atoms with Crippen LogP contribution in [0.1, 0.15) is 51.0 Å². The van der Waals surface area contributed by atoms with E-state index in [4.69, 9.17) is 4.74 Å². The molecule has 7 nitrogen and oxygen atoms in total. The van der Waals surface area contributed by atoms with E-state index in [-0.39, 0.29) is 5.91 Å². The van der Waals surface area contributed by atoms with Crippen molar-refractivity contribution in [2.75, 3.05) is 43.5 Å². The van der Waals surface area contributed by atoms with E-state index in [0.29, 0.717) is 30.9 Å². The van der Waals surface area contributed by atoms with E-state index < -0.39 is 0 Å². The summed E-state index contributed by atoms with van der Waals surface area (Å²) in [5, 5.41) is 9.90. The van der Waals surface area contributed by atoms with E-state index in [0.717, 1.165) is 49.3 Å². The first-order valence-corrected chi connectivity index (χ1v) is 13.5. The number of fused-ring (bicyclic) bond motifs is 1. The zero-order chi connectivity index (χ0) is 22.6. The number of likely N-dealkylation sites (tertiary alicyclic amines) is 1. The van der Waals surface area contributed by atoms with Gasteiger partial charge in [0.15, 0.2) is 5.16 Å². The van der Waals surface area contributed by atoms with Crippen molar-refractivity contribution in [3.63, 3.8) is 0 Å². The third-order valence-corrected chi connectivity index (χ3v) is 8.29. The second-order valence-electron chi connectivity index (χ2n) is 9.37. The van der Waals surface area contributed by atoms with Gasteiger partial charge < -0.3 is 14.5 Å². The fraction of sp³-hybridized carbons (Fsp3) is 0.640. The van der Waals surface area contributed by atoms with Crippen LogP contribution in [0, 0.1) is 5.92 Å². The van der Waals surface area contributed by atoms with Gasteiger partial charge >= 0.3 is 0 Å². The summed E-state index contributed by atoms with van der Waals surface area (Å²) >= 11 is 1.52. The number of aromatic nitrogens is 3. The molecule has 1 aromatic heterocycles. The Morgan fingerprint density at radius 2 is 1.91 bits per heavy atom. The van der Waals surface area contributed by atoms with E-state index in [1.54, 1.807) is 0 Å². The van der Waals surface area contributed by atoms with Gasteiger partial charge in [-0.15, -0.1) is 10.2 Å². The molecule has 2 aliphatic heterocycles.